The molecule has 0 saturated heterocycles. The molecule has 0 bridgehead atoms. The van der Waals surface area contributed by atoms with E-state index in [9.17, 15) is 19.2 Å². The van der Waals surface area contributed by atoms with Gasteiger partial charge in [0, 0.05) is 68.1 Å². The summed E-state index contributed by atoms with van der Waals surface area (Å²) in [6.07, 6.45) is 1.99. The summed E-state index contributed by atoms with van der Waals surface area (Å²) in [6, 6.07) is 29.9. The van der Waals surface area contributed by atoms with Gasteiger partial charge in [-0.05, 0) is 47.4 Å². The number of rotatable bonds is 11. The van der Waals surface area contributed by atoms with Crippen molar-refractivity contribution in [2.24, 2.45) is 0 Å². The molecule has 2 amide bonds. The Kier molecular flexibility index (Phi) is 12.0. The molecule has 9 heteroatoms. The average molecular weight is 619 g/mol. The molecule has 4 aromatic rings. The van der Waals surface area contributed by atoms with E-state index in [4.69, 9.17) is 0 Å². The van der Waals surface area contributed by atoms with Crippen molar-refractivity contribution in [1.82, 2.24) is 5.32 Å². The fourth-order valence-corrected chi connectivity index (χ4v) is 5.21. The molecular weight excluding hydrogens is 580 g/mol. The van der Waals surface area contributed by atoms with Crippen molar-refractivity contribution in [3.63, 3.8) is 0 Å². The predicted octanol–water partition coefficient (Wildman–Crippen LogP) is 5.58. The third-order valence-corrected chi connectivity index (χ3v) is 7.38. The summed E-state index contributed by atoms with van der Waals surface area (Å²) >= 11 is 0. The molecule has 3 N–H and O–H groups in total. The first kappa shape index (κ1) is 33.4. The Bertz CT molecular complexity index is 1700. The Balaban J connectivity index is 0.00000154. The van der Waals surface area contributed by atoms with Crippen LogP contribution in [0.2, 0.25) is 0 Å². The van der Waals surface area contributed by atoms with Gasteiger partial charge in [0.1, 0.15) is 12.7 Å². The predicted molar refractivity (Wildman–Crippen MR) is 183 cm³/mol. The fraction of sp³-hybridized carbons (Fsp3) is 0.189. The van der Waals surface area contributed by atoms with E-state index in [1.165, 1.54) is 0 Å². The Hall–Kier alpha value is -5.54. The van der Waals surface area contributed by atoms with Crippen LogP contribution in [-0.2, 0) is 32.1 Å². The van der Waals surface area contributed by atoms with Crippen LogP contribution < -0.4 is 20.9 Å². The first-order valence-corrected chi connectivity index (χ1v) is 14.9. The number of aldehydes is 2. The standard InChI is InChI=1S/C35H32N4O4.C2H6O/c1-36-31-18-25(22-40)12-14-29(31)30(23-41)35(26-10-6-3-7-11-26)38-28-13-15-32-27(19-28)16-17-39(32)34(43)20-33(42)37-21-24-8-4-2-5-9-24;1-3-2/h2-15,18-19,22-23,36,38H,16-17,20-21H2,1H3,(H,37,42);1-2H3/b35-30+;. The van der Waals surface area contributed by atoms with Gasteiger partial charge < -0.3 is 25.6 Å². The number of amides is 2. The molecule has 0 aliphatic carbocycles. The van der Waals surface area contributed by atoms with Gasteiger partial charge in [-0.25, -0.2) is 0 Å². The van der Waals surface area contributed by atoms with Gasteiger partial charge in [0.25, 0.3) is 0 Å². The largest absolute Gasteiger partial charge is 0.388 e. The minimum atomic E-state index is -0.318. The van der Waals surface area contributed by atoms with Gasteiger partial charge in [0.05, 0.1) is 5.70 Å². The van der Waals surface area contributed by atoms with Crippen molar-refractivity contribution in [2.45, 2.75) is 19.4 Å². The SMILES string of the molecule is CNc1cc(C=O)ccc1/C(C=O)=C(/Nc1ccc2c(c1)CCN2C(=O)CC(=O)NCc1ccccc1)c1ccccc1.COC. The maximum Gasteiger partial charge on any atom is 0.236 e. The molecule has 1 aliphatic heterocycles. The molecule has 0 spiro atoms. The maximum atomic E-state index is 13.0. The van der Waals surface area contributed by atoms with Crippen LogP contribution in [0.25, 0.3) is 11.3 Å². The normalized spacial score (nSPS) is 12.1. The lowest BCUT2D eigenvalue weighted by Gasteiger charge is -2.19. The number of benzene rings is 4. The minimum Gasteiger partial charge on any atom is -0.388 e. The molecule has 236 valence electrons. The highest BCUT2D eigenvalue weighted by atomic mass is 16.4. The summed E-state index contributed by atoms with van der Waals surface area (Å²) in [5.41, 5.74) is 7.10. The maximum absolute atomic E-state index is 13.0. The van der Waals surface area contributed by atoms with E-state index in [-0.39, 0.29) is 18.2 Å². The molecule has 0 aromatic heterocycles. The Morgan fingerprint density at radius 1 is 0.891 bits per heavy atom. The number of methoxy groups -OCH3 is 1. The van der Waals surface area contributed by atoms with Gasteiger partial charge in [-0.2, -0.15) is 0 Å². The van der Waals surface area contributed by atoms with E-state index in [1.54, 1.807) is 44.4 Å². The quantitative estimate of drug-likeness (QED) is 0.0870. The van der Waals surface area contributed by atoms with E-state index in [2.05, 4.69) is 20.7 Å². The van der Waals surface area contributed by atoms with Crippen molar-refractivity contribution >= 4 is 52.7 Å². The molecule has 46 heavy (non-hydrogen) atoms. The number of fused-ring (bicyclic) bond motifs is 1. The molecule has 0 radical (unpaired) electrons. The first-order valence-electron chi connectivity index (χ1n) is 14.9. The lowest BCUT2D eigenvalue weighted by atomic mass is 9.97. The molecule has 0 saturated carbocycles. The zero-order chi connectivity index (χ0) is 32.9. The highest BCUT2D eigenvalue weighted by Crippen LogP contribution is 2.35. The van der Waals surface area contributed by atoms with Crippen LogP contribution in [0, 0.1) is 0 Å². The van der Waals surface area contributed by atoms with E-state index in [1.807, 2.05) is 78.9 Å². The highest BCUT2D eigenvalue weighted by Gasteiger charge is 2.26. The number of anilines is 3. The van der Waals surface area contributed by atoms with Crippen LogP contribution >= 0.6 is 0 Å². The van der Waals surface area contributed by atoms with Crippen molar-refractivity contribution in [1.29, 1.82) is 0 Å². The number of allylic oxidation sites excluding steroid dienone is 1. The molecule has 5 rings (SSSR count). The summed E-state index contributed by atoms with van der Waals surface area (Å²) in [4.78, 5) is 51.1. The monoisotopic (exact) mass is 618 g/mol. The summed E-state index contributed by atoms with van der Waals surface area (Å²) in [6.45, 7) is 0.856. The molecule has 1 heterocycles. The summed E-state index contributed by atoms with van der Waals surface area (Å²) in [7, 11) is 4.99. The third kappa shape index (κ3) is 8.34. The Morgan fingerprint density at radius 3 is 2.24 bits per heavy atom. The van der Waals surface area contributed by atoms with Crippen molar-refractivity contribution in [3.05, 3.63) is 125 Å². The molecule has 0 fully saturated rings. The summed E-state index contributed by atoms with van der Waals surface area (Å²) in [5, 5.41) is 9.35. The van der Waals surface area contributed by atoms with E-state index in [0.717, 1.165) is 40.6 Å². The second-order valence-electron chi connectivity index (χ2n) is 10.6. The second-order valence-corrected chi connectivity index (χ2v) is 10.6. The topological polar surface area (TPSA) is 117 Å². The summed E-state index contributed by atoms with van der Waals surface area (Å²) < 4.78 is 4.25. The average Bonchev–Trinajstić information content (AvgIpc) is 3.52. The number of nitrogens with zero attached hydrogens (tertiary/aromatic N) is 1. The number of ether oxygens (including phenoxy) is 1. The highest BCUT2D eigenvalue weighted by molar-refractivity contribution is 6.20. The molecule has 0 atom stereocenters. The second kappa shape index (κ2) is 16.5. The molecular formula is C37H38N4O5. The van der Waals surface area contributed by atoms with Crippen LogP contribution in [0.4, 0.5) is 17.1 Å². The minimum absolute atomic E-state index is 0.230. The number of carbonyl (C=O) groups is 4. The third-order valence-electron chi connectivity index (χ3n) is 7.38. The first-order chi connectivity index (χ1) is 22.4. The van der Waals surface area contributed by atoms with E-state index in [0.29, 0.717) is 47.6 Å². The van der Waals surface area contributed by atoms with Crippen LogP contribution in [0.3, 0.4) is 0 Å². The van der Waals surface area contributed by atoms with Crippen molar-refractivity contribution in [3.8, 4) is 0 Å². The van der Waals surface area contributed by atoms with Crippen molar-refractivity contribution < 1.29 is 23.9 Å². The van der Waals surface area contributed by atoms with Crippen LogP contribution in [0.15, 0.2) is 97.1 Å². The number of hydrogen-bond acceptors (Lipinski definition) is 7. The zero-order valence-electron chi connectivity index (χ0n) is 26.2. The molecule has 9 nitrogen and oxygen atoms in total. The van der Waals surface area contributed by atoms with E-state index >= 15 is 0 Å². The lowest BCUT2D eigenvalue weighted by molar-refractivity contribution is -0.128. The van der Waals surface area contributed by atoms with Crippen LogP contribution in [0.1, 0.15) is 39.0 Å². The zero-order valence-corrected chi connectivity index (χ0v) is 26.2. The molecule has 1 aliphatic rings. The lowest BCUT2D eigenvalue weighted by Crippen LogP contribution is -2.34. The van der Waals surface area contributed by atoms with Gasteiger partial charge in [-0.15, -0.1) is 0 Å². The fourth-order valence-electron chi connectivity index (χ4n) is 5.21. The van der Waals surface area contributed by atoms with Gasteiger partial charge in [0.2, 0.25) is 11.8 Å². The van der Waals surface area contributed by atoms with Gasteiger partial charge in [-0.3, -0.25) is 19.2 Å². The van der Waals surface area contributed by atoms with Crippen LogP contribution in [-0.4, -0.2) is 52.2 Å². The number of hydrogen-bond donors (Lipinski definition) is 3. The van der Waals surface area contributed by atoms with Gasteiger partial charge in [-0.1, -0.05) is 72.8 Å². The van der Waals surface area contributed by atoms with Gasteiger partial charge in [0.15, 0.2) is 6.29 Å². The van der Waals surface area contributed by atoms with E-state index < -0.39 is 0 Å². The Labute approximate surface area is 269 Å². The molecule has 0 unspecified atom stereocenters. The summed E-state index contributed by atoms with van der Waals surface area (Å²) in [5.74, 6) is -0.571. The van der Waals surface area contributed by atoms with Crippen molar-refractivity contribution in [2.75, 3.05) is 43.3 Å². The number of nitrogens with one attached hydrogen (secondary N) is 3. The smallest absolute Gasteiger partial charge is 0.236 e. The molecule has 4 aromatic carbocycles. The number of carbonyl (C=O) groups excluding carboxylic acids is 4. The Morgan fingerprint density at radius 2 is 1.59 bits per heavy atom. The van der Waals surface area contributed by atoms with Crippen LogP contribution in [0.5, 0.6) is 0 Å². The van der Waals surface area contributed by atoms with Gasteiger partial charge >= 0.3 is 0 Å².